The van der Waals surface area contributed by atoms with Gasteiger partial charge in [0, 0.05) is 16.7 Å². The summed E-state index contributed by atoms with van der Waals surface area (Å²) in [5.74, 6) is -2.13. The molecule has 3 aromatic carbocycles. The van der Waals surface area contributed by atoms with Gasteiger partial charge in [-0.3, -0.25) is 0 Å². The van der Waals surface area contributed by atoms with Gasteiger partial charge in [0.1, 0.15) is 23.8 Å². The van der Waals surface area contributed by atoms with Gasteiger partial charge in [-0.1, -0.05) is 24.3 Å². The van der Waals surface area contributed by atoms with Gasteiger partial charge in [0.25, 0.3) is 0 Å². The minimum atomic E-state index is -1.07. The van der Waals surface area contributed by atoms with Crippen LogP contribution in [0.25, 0.3) is 53.1 Å². The second-order valence-electron chi connectivity index (χ2n) is 9.20. The second-order valence-corrected chi connectivity index (χ2v) is 9.20. The lowest BCUT2D eigenvalue weighted by molar-refractivity contribution is 0.682. The van der Waals surface area contributed by atoms with E-state index in [1.807, 2.05) is 18.2 Å². The zero-order valence-electron chi connectivity index (χ0n) is 22.0. The van der Waals surface area contributed by atoms with Gasteiger partial charge in [-0.15, -0.1) is 0 Å². The van der Waals surface area contributed by atoms with Crippen molar-refractivity contribution in [3.63, 3.8) is 0 Å². The van der Waals surface area contributed by atoms with Gasteiger partial charge in [-0.2, -0.15) is 21.0 Å². The molecule has 0 heterocycles. The van der Waals surface area contributed by atoms with Crippen LogP contribution in [0.15, 0.2) is 60.2 Å². The average Bonchev–Trinajstić information content (AvgIpc) is 3.48. The van der Waals surface area contributed by atoms with Crippen LogP contribution in [0.1, 0.15) is 44.5 Å². The van der Waals surface area contributed by atoms with Crippen molar-refractivity contribution in [2.75, 3.05) is 0 Å². The van der Waals surface area contributed by atoms with E-state index in [9.17, 15) is 21.0 Å². The van der Waals surface area contributed by atoms with Gasteiger partial charge in [-0.05, 0) is 52.1 Å². The van der Waals surface area contributed by atoms with Crippen molar-refractivity contribution in [2.45, 2.75) is 0 Å². The van der Waals surface area contributed by atoms with Gasteiger partial charge < -0.3 is 0 Å². The molecule has 8 nitrogen and oxygen atoms in total. The number of fused-ring (bicyclic) bond motifs is 2. The molecule has 5 rings (SSSR count). The summed E-state index contributed by atoms with van der Waals surface area (Å²) in [6.07, 6.45) is 0. The Morgan fingerprint density at radius 1 is 0.591 bits per heavy atom. The molecule has 0 saturated heterocycles. The molecule has 0 fully saturated rings. The Bertz CT molecular complexity index is 2150. The van der Waals surface area contributed by atoms with Crippen molar-refractivity contribution in [3.05, 3.63) is 150 Å². The van der Waals surface area contributed by atoms with Gasteiger partial charge in [0.05, 0.1) is 60.7 Å². The van der Waals surface area contributed by atoms with Crippen LogP contribution in [-0.4, -0.2) is 0 Å². The summed E-state index contributed by atoms with van der Waals surface area (Å²) < 4.78 is 32.0. The van der Waals surface area contributed by atoms with Crippen molar-refractivity contribution >= 4 is 45.1 Å². The predicted molar refractivity (Wildman–Crippen MR) is 155 cm³/mol. The molecular formula is C34H8F2N8. The number of allylic oxidation sites excluding steroid dienone is 6. The summed E-state index contributed by atoms with van der Waals surface area (Å²) in [6.45, 7) is 30.2. The first-order chi connectivity index (χ1) is 21.3. The Balaban J connectivity index is 1.88. The summed E-state index contributed by atoms with van der Waals surface area (Å²) in [5, 5.41) is 38.8. The standard InChI is InChI=1S/C34H8F2N8/c1-41-21-8-19(9-22(10-21)42-2)27(15-39)29-25-11-23-24(12-26(25)34(44-4)32(29)36)30(31(35)28(23)16-40)33(43-3)20-6-17(13-37)5-18(7-20)14-38/h5-12H/b29-27-,33-30+. The molecule has 0 N–H and O–H groups in total. The Kier molecular flexibility index (Phi) is 6.83. The normalized spacial score (nSPS) is 14.8. The van der Waals surface area contributed by atoms with E-state index in [0.717, 1.165) is 0 Å². The van der Waals surface area contributed by atoms with Crippen molar-refractivity contribution in [3.8, 4) is 24.3 Å². The molecule has 2 aliphatic carbocycles. The summed E-state index contributed by atoms with van der Waals surface area (Å²) in [7, 11) is 0. The molecule has 0 aliphatic heterocycles. The van der Waals surface area contributed by atoms with Crippen LogP contribution in [0.2, 0.25) is 0 Å². The monoisotopic (exact) mass is 566 g/mol. The summed E-state index contributed by atoms with van der Waals surface area (Å²) in [4.78, 5) is 13.4. The zero-order valence-corrected chi connectivity index (χ0v) is 22.0. The molecule has 198 valence electrons. The summed E-state index contributed by atoms with van der Waals surface area (Å²) >= 11 is 0. The molecule has 0 atom stereocenters. The SMILES string of the molecule is [C-]#[N+]C1=C(F)/C(=C(/C#N)c2cc([N+]#[C-])cc([N+]#[C-])c2)c2cc3c(cc21)/C(=C(\[N+]#[C-])c1cc(C#N)cc(C#N)c1)C(F)=C3C#N. The number of hydrogen-bond acceptors (Lipinski definition) is 4. The Hall–Kier alpha value is -7.60. The lowest BCUT2D eigenvalue weighted by atomic mass is 9.91. The Morgan fingerprint density at radius 2 is 1.18 bits per heavy atom. The topological polar surface area (TPSA) is 113 Å². The van der Waals surface area contributed by atoms with Crippen molar-refractivity contribution in [1.29, 1.82) is 21.0 Å². The van der Waals surface area contributed by atoms with Crippen LogP contribution in [0.3, 0.4) is 0 Å². The van der Waals surface area contributed by atoms with E-state index >= 15 is 8.78 Å². The first-order valence-electron chi connectivity index (χ1n) is 12.2. The van der Waals surface area contributed by atoms with Crippen LogP contribution in [0.4, 0.5) is 20.2 Å². The average molecular weight is 566 g/mol. The first kappa shape index (κ1) is 27.9. The van der Waals surface area contributed by atoms with Crippen molar-refractivity contribution in [1.82, 2.24) is 0 Å². The zero-order chi connectivity index (χ0) is 31.7. The number of hydrogen-bond donors (Lipinski definition) is 0. The lowest BCUT2D eigenvalue weighted by Gasteiger charge is -2.12. The summed E-state index contributed by atoms with van der Waals surface area (Å²) in [6, 6.07) is 17.8. The van der Waals surface area contributed by atoms with Gasteiger partial charge in [-0.25, -0.2) is 28.2 Å². The van der Waals surface area contributed by atoms with E-state index < -0.39 is 22.9 Å². The molecule has 0 saturated carbocycles. The maximum absolute atomic E-state index is 16.0. The molecule has 3 aromatic rings. The molecule has 0 bridgehead atoms. The van der Waals surface area contributed by atoms with Crippen LogP contribution in [-0.2, 0) is 0 Å². The van der Waals surface area contributed by atoms with Gasteiger partial charge in [0.15, 0.2) is 11.4 Å². The fourth-order valence-electron chi connectivity index (χ4n) is 5.12. The fraction of sp³-hybridized carbons (Fsp3) is 0. The number of nitrogens with zero attached hydrogens (tertiary/aromatic N) is 8. The fourth-order valence-corrected chi connectivity index (χ4v) is 5.12. The number of nitriles is 4. The molecule has 0 spiro atoms. The van der Waals surface area contributed by atoms with Crippen LogP contribution >= 0.6 is 0 Å². The van der Waals surface area contributed by atoms with Crippen LogP contribution < -0.4 is 0 Å². The van der Waals surface area contributed by atoms with E-state index in [0.29, 0.717) is 0 Å². The minimum Gasteiger partial charge on any atom is -0.239 e. The van der Waals surface area contributed by atoms with Gasteiger partial charge in [0.2, 0.25) is 11.4 Å². The lowest BCUT2D eigenvalue weighted by Crippen LogP contribution is -1.95. The highest BCUT2D eigenvalue weighted by Gasteiger charge is 2.37. The third-order valence-corrected chi connectivity index (χ3v) is 6.94. The molecule has 2 aliphatic rings. The molecular weight excluding hydrogens is 558 g/mol. The molecule has 0 unspecified atom stereocenters. The summed E-state index contributed by atoms with van der Waals surface area (Å²) in [5.41, 5.74) is -2.03. The van der Waals surface area contributed by atoms with E-state index in [1.165, 1.54) is 48.5 Å². The Labute approximate surface area is 249 Å². The maximum Gasteiger partial charge on any atom is 0.230 e. The number of halogens is 2. The third-order valence-electron chi connectivity index (χ3n) is 6.94. The highest BCUT2D eigenvalue weighted by Crippen LogP contribution is 2.53. The van der Waals surface area contributed by atoms with Crippen molar-refractivity contribution in [2.24, 2.45) is 0 Å². The third kappa shape index (κ3) is 4.13. The second kappa shape index (κ2) is 10.8. The maximum atomic E-state index is 16.0. The van der Waals surface area contributed by atoms with E-state index in [1.54, 1.807) is 6.07 Å². The molecule has 0 aromatic heterocycles. The van der Waals surface area contributed by atoms with Gasteiger partial charge >= 0.3 is 0 Å². The van der Waals surface area contributed by atoms with E-state index in [4.69, 9.17) is 26.3 Å². The minimum absolute atomic E-state index is 0.00340. The van der Waals surface area contributed by atoms with E-state index in [2.05, 4.69) is 19.4 Å². The molecule has 44 heavy (non-hydrogen) atoms. The number of benzene rings is 3. The van der Waals surface area contributed by atoms with Crippen LogP contribution in [0.5, 0.6) is 0 Å². The van der Waals surface area contributed by atoms with Crippen LogP contribution in [0, 0.1) is 71.6 Å². The number of rotatable bonds is 2. The predicted octanol–water partition coefficient (Wildman–Crippen LogP) is 8.54. The first-order valence-corrected chi connectivity index (χ1v) is 12.2. The molecule has 10 heteroatoms. The quantitative estimate of drug-likeness (QED) is 0.228. The largest absolute Gasteiger partial charge is 0.239 e. The molecule has 0 radical (unpaired) electrons. The Morgan fingerprint density at radius 3 is 1.68 bits per heavy atom. The van der Waals surface area contributed by atoms with Crippen molar-refractivity contribution < 1.29 is 8.78 Å². The molecule has 0 amide bonds. The highest BCUT2D eigenvalue weighted by atomic mass is 19.1. The van der Waals surface area contributed by atoms with E-state index in [-0.39, 0.29) is 78.3 Å². The smallest absolute Gasteiger partial charge is 0.230 e. The highest BCUT2D eigenvalue weighted by molar-refractivity contribution is 6.17.